The first kappa shape index (κ1) is 21.6. The number of hydrogen-bond donors (Lipinski definition) is 1. The number of nitrogens with one attached hydrogen (secondary N) is 1. The fourth-order valence-electron chi connectivity index (χ4n) is 3.28. The fraction of sp³-hybridized carbons (Fsp3) is 0.273. The van der Waals surface area contributed by atoms with E-state index >= 15 is 0 Å². The zero-order chi connectivity index (χ0) is 21.9. The lowest BCUT2D eigenvalue weighted by molar-refractivity contribution is -0.116. The lowest BCUT2D eigenvalue weighted by Gasteiger charge is -2.12. The van der Waals surface area contributed by atoms with Gasteiger partial charge in [-0.2, -0.15) is 0 Å². The molecule has 1 aromatic heterocycles. The van der Waals surface area contributed by atoms with Crippen molar-refractivity contribution < 1.29 is 22.5 Å². The number of aryl methyl sites for hydroxylation is 2. The van der Waals surface area contributed by atoms with Crippen LogP contribution in [0, 0.1) is 13.8 Å². The Kier molecular flexibility index (Phi) is 6.26. The van der Waals surface area contributed by atoms with E-state index in [9.17, 15) is 13.2 Å². The van der Waals surface area contributed by atoms with Crippen molar-refractivity contribution in [1.29, 1.82) is 0 Å². The van der Waals surface area contributed by atoms with Crippen LogP contribution in [-0.2, 0) is 14.6 Å². The van der Waals surface area contributed by atoms with E-state index in [1.807, 2.05) is 20.8 Å². The Balaban J connectivity index is 1.58. The summed E-state index contributed by atoms with van der Waals surface area (Å²) in [5, 5.41) is 6.82. The van der Waals surface area contributed by atoms with E-state index in [0.29, 0.717) is 23.6 Å². The van der Waals surface area contributed by atoms with Gasteiger partial charge >= 0.3 is 0 Å². The van der Waals surface area contributed by atoms with Crippen molar-refractivity contribution in [3.05, 3.63) is 65.5 Å². The molecule has 30 heavy (non-hydrogen) atoms. The lowest BCUT2D eigenvalue weighted by atomic mass is 9.96. The zero-order valence-corrected chi connectivity index (χ0v) is 18.1. The molecule has 1 amide bonds. The number of sulfone groups is 1. The highest BCUT2D eigenvalue weighted by atomic mass is 32.2. The van der Waals surface area contributed by atoms with Gasteiger partial charge in [-0.1, -0.05) is 12.1 Å². The molecule has 0 aliphatic carbocycles. The molecule has 0 radical (unpaired) electrons. The maximum absolute atomic E-state index is 12.4. The number of ether oxygens (including phenoxy) is 1. The number of carbonyl (C=O) groups excluding carboxylic acids is 1. The van der Waals surface area contributed by atoms with Crippen molar-refractivity contribution in [1.82, 2.24) is 5.16 Å². The molecule has 0 spiro atoms. The maximum Gasteiger partial charge on any atom is 0.224 e. The topological polar surface area (TPSA) is 98.5 Å². The Labute approximate surface area is 176 Å². The Morgan fingerprint density at radius 2 is 1.63 bits per heavy atom. The number of amides is 1. The summed E-state index contributed by atoms with van der Waals surface area (Å²) < 4.78 is 33.9. The van der Waals surface area contributed by atoms with Gasteiger partial charge in [-0.15, -0.1) is 0 Å². The summed E-state index contributed by atoms with van der Waals surface area (Å²) in [6.07, 6.45) is 1.47. The Morgan fingerprint density at radius 3 is 2.13 bits per heavy atom. The zero-order valence-electron chi connectivity index (χ0n) is 17.3. The van der Waals surface area contributed by atoms with Crippen LogP contribution in [0.15, 0.2) is 57.9 Å². The summed E-state index contributed by atoms with van der Waals surface area (Å²) in [6, 6.07) is 13.2. The Hall–Kier alpha value is -3.13. The van der Waals surface area contributed by atoms with Gasteiger partial charge in [0.15, 0.2) is 9.84 Å². The van der Waals surface area contributed by atoms with Gasteiger partial charge in [-0.3, -0.25) is 4.79 Å². The first-order valence-corrected chi connectivity index (χ1v) is 11.3. The first-order chi connectivity index (χ1) is 14.1. The molecule has 0 aliphatic rings. The molecule has 0 bridgehead atoms. The predicted molar refractivity (Wildman–Crippen MR) is 114 cm³/mol. The van der Waals surface area contributed by atoms with Gasteiger partial charge in [0.25, 0.3) is 0 Å². The molecular formula is C22H24N2O5S. The highest BCUT2D eigenvalue weighted by molar-refractivity contribution is 7.90. The summed E-state index contributed by atoms with van der Waals surface area (Å²) in [7, 11) is -3.24. The minimum atomic E-state index is -3.24. The molecule has 158 valence electrons. The monoisotopic (exact) mass is 428 g/mol. The molecule has 2 aromatic carbocycles. The molecular weight excluding hydrogens is 404 g/mol. The number of hydrogen-bond acceptors (Lipinski definition) is 6. The van der Waals surface area contributed by atoms with Crippen molar-refractivity contribution in [2.24, 2.45) is 0 Å². The van der Waals surface area contributed by atoms with E-state index in [-0.39, 0.29) is 16.7 Å². The molecule has 3 rings (SSSR count). The van der Waals surface area contributed by atoms with Crippen molar-refractivity contribution in [2.75, 3.05) is 11.6 Å². The third-order valence-electron chi connectivity index (χ3n) is 4.70. The number of rotatable bonds is 7. The van der Waals surface area contributed by atoms with Crippen LogP contribution >= 0.6 is 0 Å². The number of benzene rings is 2. The van der Waals surface area contributed by atoms with E-state index in [0.717, 1.165) is 23.3 Å². The van der Waals surface area contributed by atoms with Crippen molar-refractivity contribution in [3.8, 4) is 11.5 Å². The van der Waals surface area contributed by atoms with Crippen LogP contribution in [-0.4, -0.2) is 25.7 Å². The Morgan fingerprint density at radius 1 is 1.07 bits per heavy atom. The third kappa shape index (κ3) is 5.27. The molecule has 1 N–H and O–H groups in total. The molecule has 0 saturated heterocycles. The van der Waals surface area contributed by atoms with E-state index in [2.05, 4.69) is 10.5 Å². The highest BCUT2D eigenvalue weighted by Crippen LogP contribution is 2.27. The molecule has 0 aliphatic heterocycles. The van der Waals surface area contributed by atoms with Crippen LogP contribution in [0.4, 0.5) is 5.69 Å². The van der Waals surface area contributed by atoms with Crippen molar-refractivity contribution >= 4 is 21.4 Å². The van der Waals surface area contributed by atoms with E-state index in [1.54, 1.807) is 36.4 Å². The minimum absolute atomic E-state index is 0.00577. The number of carbonyl (C=O) groups is 1. The molecule has 1 atom stereocenters. The molecule has 0 saturated carbocycles. The fourth-order valence-corrected chi connectivity index (χ4v) is 3.91. The number of anilines is 1. The molecule has 8 heteroatoms. The van der Waals surface area contributed by atoms with Gasteiger partial charge in [-0.05, 0) is 68.3 Å². The summed E-state index contributed by atoms with van der Waals surface area (Å²) in [6.45, 7) is 5.68. The minimum Gasteiger partial charge on any atom is -0.457 e. The second-order valence-corrected chi connectivity index (χ2v) is 9.28. The van der Waals surface area contributed by atoms with Crippen LogP contribution in [0.25, 0.3) is 0 Å². The van der Waals surface area contributed by atoms with Crippen LogP contribution in [0.3, 0.4) is 0 Å². The standard InChI is InChI=1S/C22H24N2O5S/c1-14(22-15(2)24-29-16(22)3)13-21(25)23-17-5-7-18(8-6-17)28-19-9-11-20(12-10-19)30(4,26)27/h5-12,14H,13H2,1-4H3,(H,23,25)/t14-/m0/s1. The lowest BCUT2D eigenvalue weighted by Crippen LogP contribution is -2.14. The summed E-state index contributed by atoms with van der Waals surface area (Å²) in [5.74, 6) is 1.72. The van der Waals surface area contributed by atoms with Crippen LogP contribution in [0.2, 0.25) is 0 Å². The van der Waals surface area contributed by atoms with Crippen LogP contribution in [0.1, 0.15) is 36.3 Å². The van der Waals surface area contributed by atoms with Crippen LogP contribution < -0.4 is 10.1 Å². The SMILES string of the molecule is Cc1noc(C)c1[C@@H](C)CC(=O)Nc1ccc(Oc2ccc(S(C)(=O)=O)cc2)cc1. The number of nitrogens with zero attached hydrogens (tertiary/aromatic N) is 1. The predicted octanol–water partition coefficient (Wildman–Crippen LogP) is 4.62. The molecule has 3 aromatic rings. The Bertz CT molecular complexity index is 1110. The van der Waals surface area contributed by atoms with Gasteiger partial charge < -0.3 is 14.6 Å². The van der Waals surface area contributed by atoms with E-state index in [1.165, 1.54) is 12.1 Å². The summed E-state index contributed by atoms with van der Waals surface area (Å²) >= 11 is 0. The summed E-state index contributed by atoms with van der Waals surface area (Å²) in [4.78, 5) is 12.6. The average Bonchev–Trinajstić information content (AvgIpc) is 3.01. The van der Waals surface area contributed by atoms with Gasteiger partial charge in [-0.25, -0.2) is 8.42 Å². The summed E-state index contributed by atoms with van der Waals surface area (Å²) in [5.41, 5.74) is 2.43. The van der Waals surface area contributed by atoms with Gasteiger partial charge in [0, 0.05) is 23.9 Å². The van der Waals surface area contributed by atoms with E-state index < -0.39 is 9.84 Å². The van der Waals surface area contributed by atoms with Gasteiger partial charge in [0.05, 0.1) is 10.6 Å². The average molecular weight is 429 g/mol. The van der Waals surface area contributed by atoms with Gasteiger partial charge in [0.1, 0.15) is 17.3 Å². The van der Waals surface area contributed by atoms with Crippen molar-refractivity contribution in [2.45, 2.75) is 38.0 Å². The molecule has 7 nitrogen and oxygen atoms in total. The van der Waals surface area contributed by atoms with Gasteiger partial charge in [0.2, 0.25) is 5.91 Å². The normalized spacial score (nSPS) is 12.4. The second kappa shape index (κ2) is 8.71. The smallest absolute Gasteiger partial charge is 0.224 e. The first-order valence-electron chi connectivity index (χ1n) is 9.44. The molecule has 1 heterocycles. The molecule has 0 unspecified atom stereocenters. The van der Waals surface area contributed by atoms with Crippen LogP contribution in [0.5, 0.6) is 11.5 Å². The van der Waals surface area contributed by atoms with Crippen molar-refractivity contribution in [3.63, 3.8) is 0 Å². The van der Waals surface area contributed by atoms with E-state index in [4.69, 9.17) is 9.26 Å². The third-order valence-corrected chi connectivity index (χ3v) is 5.83. The largest absolute Gasteiger partial charge is 0.457 e. The highest BCUT2D eigenvalue weighted by Gasteiger charge is 2.19. The quantitative estimate of drug-likeness (QED) is 0.590. The number of aromatic nitrogens is 1. The molecule has 0 fully saturated rings. The second-order valence-electron chi connectivity index (χ2n) is 7.26. The maximum atomic E-state index is 12.4.